The maximum absolute atomic E-state index is 16.0. The summed E-state index contributed by atoms with van der Waals surface area (Å²) in [5.74, 6) is -3.19. The van der Waals surface area contributed by atoms with Crippen molar-refractivity contribution < 1.29 is 18.4 Å². The minimum absolute atomic E-state index is 0.00417. The standard InChI is InChI=1S/C33H31Cl3F2N4O2/c1-19-33(18-39,25-11-10-22(34)16-28(25)37)29(24-7-5-9-27(36)30(24)38)31(42(19)17-21-6-3-4-8-26(21)35)32(44)40-23-12-14-41(15-13-23)20(2)43/h3-11,16,19,23,29,31H,12-15,17H2,1-2H3,(H,40,44). The van der Waals surface area contributed by atoms with E-state index in [4.69, 9.17) is 34.8 Å². The second-order valence-electron chi connectivity index (χ2n) is 11.4. The van der Waals surface area contributed by atoms with Gasteiger partial charge in [-0.15, -0.1) is 0 Å². The van der Waals surface area contributed by atoms with E-state index in [0.29, 0.717) is 36.5 Å². The molecule has 2 aliphatic rings. The quantitative estimate of drug-likeness (QED) is 0.314. The molecule has 230 valence electrons. The first-order valence-corrected chi connectivity index (χ1v) is 15.5. The van der Waals surface area contributed by atoms with Crippen LogP contribution in [0.25, 0.3) is 0 Å². The third-order valence-electron chi connectivity index (χ3n) is 9.06. The fraction of sp³-hybridized carbons (Fsp3) is 0.364. The van der Waals surface area contributed by atoms with Crippen molar-refractivity contribution in [2.75, 3.05) is 13.1 Å². The summed E-state index contributed by atoms with van der Waals surface area (Å²) in [6.45, 7) is 4.33. The number of hydrogen-bond acceptors (Lipinski definition) is 4. The molecule has 44 heavy (non-hydrogen) atoms. The highest BCUT2D eigenvalue weighted by atomic mass is 35.5. The Morgan fingerprint density at radius 1 is 1.02 bits per heavy atom. The van der Waals surface area contributed by atoms with Gasteiger partial charge in [0.05, 0.1) is 17.1 Å². The Morgan fingerprint density at radius 2 is 1.70 bits per heavy atom. The minimum Gasteiger partial charge on any atom is -0.352 e. The zero-order valence-corrected chi connectivity index (χ0v) is 26.4. The first-order valence-electron chi connectivity index (χ1n) is 14.3. The number of benzene rings is 3. The molecule has 2 amide bonds. The van der Waals surface area contributed by atoms with Crippen molar-refractivity contribution >= 4 is 46.6 Å². The molecule has 3 aromatic carbocycles. The molecule has 6 nitrogen and oxygen atoms in total. The summed E-state index contributed by atoms with van der Waals surface area (Å²) < 4.78 is 31.9. The van der Waals surface area contributed by atoms with Crippen LogP contribution in [0.15, 0.2) is 60.7 Å². The maximum Gasteiger partial charge on any atom is 0.238 e. The first-order chi connectivity index (χ1) is 21.0. The number of rotatable bonds is 6. The number of piperidine rings is 1. The lowest BCUT2D eigenvalue weighted by atomic mass is 9.65. The van der Waals surface area contributed by atoms with E-state index in [9.17, 15) is 14.9 Å². The molecule has 0 aliphatic carbocycles. The van der Waals surface area contributed by atoms with Gasteiger partial charge in [-0.3, -0.25) is 14.5 Å². The molecule has 0 saturated carbocycles. The fourth-order valence-corrected chi connectivity index (χ4v) is 7.34. The van der Waals surface area contributed by atoms with Crippen molar-refractivity contribution in [3.05, 3.63) is 104 Å². The van der Waals surface area contributed by atoms with Gasteiger partial charge in [0.2, 0.25) is 11.8 Å². The summed E-state index contributed by atoms with van der Waals surface area (Å²) in [6.07, 6.45) is 1.06. The molecule has 4 unspecified atom stereocenters. The predicted octanol–water partition coefficient (Wildman–Crippen LogP) is 6.87. The topological polar surface area (TPSA) is 76.4 Å². The number of amides is 2. The van der Waals surface area contributed by atoms with Gasteiger partial charge in [-0.2, -0.15) is 5.26 Å². The predicted molar refractivity (Wildman–Crippen MR) is 167 cm³/mol. The number of likely N-dealkylation sites (tertiary alicyclic amines) is 2. The van der Waals surface area contributed by atoms with Gasteiger partial charge in [-0.05, 0) is 55.2 Å². The third kappa shape index (κ3) is 5.79. The van der Waals surface area contributed by atoms with E-state index < -0.39 is 41.0 Å². The van der Waals surface area contributed by atoms with Gasteiger partial charge in [0.1, 0.15) is 17.0 Å². The minimum atomic E-state index is -1.75. The summed E-state index contributed by atoms with van der Waals surface area (Å²) in [5, 5.41) is 14.6. The van der Waals surface area contributed by atoms with Gasteiger partial charge < -0.3 is 10.2 Å². The zero-order chi connectivity index (χ0) is 31.8. The van der Waals surface area contributed by atoms with Crippen LogP contribution < -0.4 is 5.32 Å². The molecule has 2 aliphatic heterocycles. The van der Waals surface area contributed by atoms with Gasteiger partial charge in [0, 0.05) is 60.2 Å². The molecule has 1 N–H and O–H groups in total. The summed E-state index contributed by atoms with van der Waals surface area (Å²) >= 11 is 18.9. The number of nitrogens with zero attached hydrogens (tertiary/aromatic N) is 3. The number of carbonyl (C=O) groups excluding carboxylic acids is 2. The Hall–Kier alpha value is -3.22. The highest BCUT2D eigenvalue weighted by molar-refractivity contribution is 6.31. The Morgan fingerprint density at radius 3 is 2.34 bits per heavy atom. The Bertz CT molecular complexity index is 1620. The maximum atomic E-state index is 16.0. The number of halogens is 5. The molecule has 2 saturated heterocycles. The van der Waals surface area contributed by atoms with E-state index in [1.54, 1.807) is 34.9 Å². The largest absolute Gasteiger partial charge is 0.352 e. The van der Waals surface area contributed by atoms with Crippen molar-refractivity contribution in [2.24, 2.45) is 0 Å². The number of nitriles is 1. The van der Waals surface area contributed by atoms with Crippen LogP contribution in [-0.4, -0.2) is 52.8 Å². The molecule has 4 atom stereocenters. The molecule has 5 rings (SSSR count). The second kappa shape index (κ2) is 13.0. The van der Waals surface area contributed by atoms with Crippen LogP contribution in [0.2, 0.25) is 15.1 Å². The Labute approximate surface area is 270 Å². The molecule has 3 aromatic rings. The SMILES string of the molecule is CC(=O)N1CCC(NC(=O)C2C(c3cccc(Cl)c3F)C(C#N)(c3ccc(Cl)cc3F)C(C)N2Cc2ccccc2Cl)CC1. The van der Waals surface area contributed by atoms with Crippen molar-refractivity contribution in [3.8, 4) is 6.07 Å². The summed E-state index contributed by atoms with van der Waals surface area (Å²) in [5.41, 5.74) is -1.05. The number of hydrogen-bond donors (Lipinski definition) is 1. The molecule has 2 heterocycles. The van der Waals surface area contributed by atoms with E-state index in [1.165, 1.54) is 31.2 Å². The van der Waals surface area contributed by atoms with Gasteiger partial charge in [0.25, 0.3) is 0 Å². The number of carbonyl (C=O) groups is 2. The molecule has 2 fully saturated rings. The van der Waals surface area contributed by atoms with Crippen LogP contribution >= 0.6 is 34.8 Å². The van der Waals surface area contributed by atoms with Crippen molar-refractivity contribution in [1.82, 2.24) is 15.1 Å². The van der Waals surface area contributed by atoms with Crippen LogP contribution in [-0.2, 0) is 21.5 Å². The molecule has 0 spiro atoms. The average Bonchev–Trinajstić information content (AvgIpc) is 3.23. The van der Waals surface area contributed by atoms with Gasteiger partial charge in [-0.25, -0.2) is 8.78 Å². The van der Waals surface area contributed by atoms with E-state index in [1.807, 2.05) is 12.1 Å². The molecule has 11 heteroatoms. The summed E-state index contributed by atoms with van der Waals surface area (Å²) in [4.78, 5) is 29.9. The molecule has 0 bridgehead atoms. The van der Waals surface area contributed by atoms with Crippen LogP contribution in [0.5, 0.6) is 0 Å². The number of nitrogens with one attached hydrogen (secondary N) is 1. The highest BCUT2D eigenvalue weighted by Crippen LogP contribution is 2.55. The smallest absolute Gasteiger partial charge is 0.238 e. The van der Waals surface area contributed by atoms with E-state index in [2.05, 4.69) is 11.4 Å². The Balaban J connectivity index is 1.69. The average molecular weight is 660 g/mol. The first kappa shape index (κ1) is 32.2. The lowest BCUT2D eigenvalue weighted by Crippen LogP contribution is -2.52. The summed E-state index contributed by atoms with van der Waals surface area (Å²) in [7, 11) is 0. The normalized spacial score (nSPS) is 24.2. The van der Waals surface area contributed by atoms with Crippen LogP contribution in [0.3, 0.4) is 0 Å². The molecular weight excluding hydrogens is 629 g/mol. The van der Waals surface area contributed by atoms with E-state index in [-0.39, 0.29) is 39.7 Å². The molecular formula is C33H31Cl3F2N4O2. The summed E-state index contributed by atoms with van der Waals surface area (Å²) in [6, 6.07) is 15.7. The van der Waals surface area contributed by atoms with Crippen molar-refractivity contribution in [2.45, 2.75) is 62.7 Å². The van der Waals surface area contributed by atoms with Gasteiger partial charge in [-0.1, -0.05) is 71.2 Å². The lowest BCUT2D eigenvalue weighted by Gasteiger charge is -2.35. The lowest BCUT2D eigenvalue weighted by molar-refractivity contribution is -0.130. The third-order valence-corrected chi connectivity index (χ3v) is 9.96. The van der Waals surface area contributed by atoms with Crippen LogP contribution in [0, 0.1) is 23.0 Å². The van der Waals surface area contributed by atoms with Crippen LogP contribution in [0.4, 0.5) is 8.78 Å². The van der Waals surface area contributed by atoms with E-state index >= 15 is 8.78 Å². The Kier molecular flexibility index (Phi) is 9.52. The molecule has 0 aromatic heterocycles. The van der Waals surface area contributed by atoms with Crippen LogP contribution in [0.1, 0.15) is 49.3 Å². The zero-order valence-electron chi connectivity index (χ0n) is 24.2. The van der Waals surface area contributed by atoms with Gasteiger partial charge in [0.15, 0.2) is 0 Å². The fourth-order valence-electron chi connectivity index (χ4n) is 6.81. The van der Waals surface area contributed by atoms with Gasteiger partial charge >= 0.3 is 0 Å². The monoisotopic (exact) mass is 658 g/mol. The van der Waals surface area contributed by atoms with Crippen molar-refractivity contribution in [3.63, 3.8) is 0 Å². The second-order valence-corrected chi connectivity index (χ2v) is 12.7. The van der Waals surface area contributed by atoms with E-state index in [0.717, 1.165) is 6.07 Å². The van der Waals surface area contributed by atoms with Crippen molar-refractivity contribution in [1.29, 1.82) is 5.26 Å². The highest BCUT2D eigenvalue weighted by Gasteiger charge is 2.63. The molecule has 0 radical (unpaired) electrons.